The van der Waals surface area contributed by atoms with E-state index in [1.807, 2.05) is 6.92 Å². The van der Waals surface area contributed by atoms with Gasteiger partial charge in [0.1, 0.15) is 0 Å². The van der Waals surface area contributed by atoms with Gasteiger partial charge in [-0.1, -0.05) is 11.6 Å². The molecule has 0 radical (unpaired) electrons. The van der Waals surface area contributed by atoms with Crippen LogP contribution in [0.5, 0.6) is 0 Å². The molecule has 94 valence electrons. The number of hydrogen-bond donors (Lipinski definition) is 3. The Morgan fingerprint density at radius 3 is 2.53 bits per heavy atom. The van der Waals surface area contributed by atoms with Gasteiger partial charge < -0.3 is 15.5 Å². The third kappa shape index (κ3) is 3.61. The third-order valence-corrected chi connectivity index (χ3v) is 2.97. The fraction of sp³-hybridized carbons (Fsp3) is 0.417. The van der Waals surface area contributed by atoms with E-state index in [2.05, 4.69) is 5.32 Å². The van der Waals surface area contributed by atoms with E-state index < -0.39 is 11.6 Å². The van der Waals surface area contributed by atoms with E-state index in [4.69, 9.17) is 16.7 Å². The topological polar surface area (TPSA) is 69.6 Å². The van der Waals surface area contributed by atoms with Gasteiger partial charge in [-0.25, -0.2) is 4.79 Å². The first-order valence-corrected chi connectivity index (χ1v) is 5.61. The van der Waals surface area contributed by atoms with Crippen molar-refractivity contribution in [2.45, 2.75) is 32.4 Å². The zero-order chi connectivity index (χ0) is 13.2. The maximum atomic E-state index is 10.9. The first-order valence-electron chi connectivity index (χ1n) is 5.23. The molecule has 3 N–H and O–H groups in total. The highest BCUT2D eigenvalue weighted by molar-refractivity contribution is 6.33. The number of rotatable bonds is 4. The lowest BCUT2D eigenvalue weighted by atomic mass is 10.0. The molecule has 17 heavy (non-hydrogen) atoms. The molecule has 0 aliphatic heterocycles. The molecule has 4 nitrogen and oxygen atoms in total. The smallest absolute Gasteiger partial charge is 0.337 e. The quantitative estimate of drug-likeness (QED) is 0.776. The number of hydrogen-bond acceptors (Lipinski definition) is 3. The molecule has 0 amide bonds. The molecule has 1 unspecified atom stereocenters. The molecule has 5 heteroatoms. The predicted octanol–water partition coefficient (Wildman–Crippen LogP) is 2.61. The lowest BCUT2D eigenvalue weighted by Gasteiger charge is -2.27. The summed E-state index contributed by atoms with van der Waals surface area (Å²) in [5.41, 5.74) is -0.246. The van der Waals surface area contributed by atoms with Crippen molar-refractivity contribution in [2.75, 3.05) is 5.32 Å². The van der Waals surface area contributed by atoms with Gasteiger partial charge >= 0.3 is 5.97 Å². The van der Waals surface area contributed by atoms with Gasteiger partial charge in [0.2, 0.25) is 0 Å². The molecular formula is C12H16ClNO3. The first-order chi connectivity index (χ1) is 7.71. The Labute approximate surface area is 105 Å². The summed E-state index contributed by atoms with van der Waals surface area (Å²) in [7, 11) is 0. The number of carboxylic acid groups (broad SMARTS) is 1. The fourth-order valence-electron chi connectivity index (χ4n) is 1.21. The second-order valence-electron chi connectivity index (χ2n) is 4.52. The van der Waals surface area contributed by atoms with Crippen LogP contribution in [0.2, 0.25) is 5.02 Å². The summed E-state index contributed by atoms with van der Waals surface area (Å²) in [6, 6.07) is 4.43. The van der Waals surface area contributed by atoms with Crippen molar-refractivity contribution in [1.29, 1.82) is 0 Å². The van der Waals surface area contributed by atoms with Crippen LogP contribution in [0.1, 0.15) is 31.1 Å². The Morgan fingerprint density at radius 1 is 1.47 bits per heavy atom. The van der Waals surface area contributed by atoms with Gasteiger partial charge in [-0.3, -0.25) is 0 Å². The summed E-state index contributed by atoms with van der Waals surface area (Å²) in [5, 5.41) is 21.9. The molecule has 0 saturated heterocycles. The molecule has 0 fully saturated rings. The minimum Gasteiger partial charge on any atom is -0.478 e. The Balaban J connectivity index is 2.94. The second kappa shape index (κ2) is 4.94. The van der Waals surface area contributed by atoms with E-state index in [-0.39, 0.29) is 16.6 Å². The van der Waals surface area contributed by atoms with Crippen LogP contribution >= 0.6 is 11.6 Å². The van der Waals surface area contributed by atoms with Crippen LogP contribution in [0.4, 0.5) is 5.69 Å². The zero-order valence-electron chi connectivity index (χ0n) is 9.99. The van der Waals surface area contributed by atoms with Gasteiger partial charge in [0.25, 0.3) is 0 Å². The van der Waals surface area contributed by atoms with Gasteiger partial charge in [0.05, 0.1) is 22.2 Å². The molecule has 1 atom stereocenters. The molecular weight excluding hydrogens is 242 g/mol. The third-order valence-electron chi connectivity index (χ3n) is 2.64. The fourth-order valence-corrected chi connectivity index (χ4v) is 1.40. The van der Waals surface area contributed by atoms with Crippen molar-refractivity contribution in [2.24, 2.45) is 0 Å². The number of benzene rings is 1. The Morgan fingerprint density at radius 2 is 2.06 bits per heavy atom. The molecule has 0 spiro atoms. The molecule has 0 aliphatic carbocycles. The first kappa shape index (κ1) is 13.8. The molecule has 1 aromatic carbocycles. The van der Waals surface area contributed by atoms with Crippen LogP contribution in [-0.4, -0.2) is 27.8 Å². The Kier molecular flexibility index (Phi) is 4.01. The van der Waals surface area contributed by atoms with Crippen molar-refractivity contribution in [3.05, 3.63) is 28.8 Å². The zero-order valence-corrected chi connectivity index (χ0v) is 10.7. The summed E-state index contributed by atoms with van der Waals surface area (Å²) >= 11 is 5.76. The van der Waals surface area contributed by atoms with Gasteiger partial charge in [-0.15, -0.1) is 0 Å². The summed E-state index contributed by atoms with van der Waals surface area (Å²) in [4.78, 5) is 10.9. The van der Waals surface area contributed by atoms with Gasteiger partial charge in [0.15, 0.2) is 0 Å². The summed E-state index contributed by atoms with van der Waals surface area (Å²) < 4.78 is 0. The van der Waals surface area contributed by atoms with E-state index >= 15 is 0 Å². The van der Waals surface area contributed by atoms with Crippen molar-refractivity contribution >= 4 is 23.3 Å². The minimum absolute atomic E-state index is 0.0413. The van der Waals surface area contributed by atoms with Crippen molar-refractivity contribution < 1.29 is 15.0 Å². The lowest BCUT2D eigenvalue weighted by Crippen LogP contribution is -2.39. The van der Waals surface area contributed by atoms with Crippen LogP contribution in [0.3, 0.4) is 0 Å². The van der Waals surface area contributed by atoms with E-state index in [1.165, 1.54) is 12.1 Å². The number of anilines is 1. The van der Waals surface area contributed by atoms with Crippen molar-refractivity contribution in [3.63, 3.8) is 0 Å². The van der Waals surface area contributed by atoms with E-state index in [1.54, 1.807) is 19.9 Å². The van der Waals surface area contributed by atoms with E-state index in [0.29, 0.717) is 5.69 Å². The lowest BCUT2D eigenvalue weighted by molar-refractivity contribution is 0.0649. The van der Waals surface area contributed by atoms with Gasteiger partial charge in [-0.2, -0.15) is 0 Å². The predicted molar refractivity (Wildman–Crippen MR) is 67.8 cm³/mol. The summed E-state index contributed by atoms with van der Waals surface area (Å²) in [5.74, 6) is -1.07. The highest BCUT2D eigenvalue weighted by Gasteiger charge is 2.22. The summed E-state index contributed by atoms with van der Waals surface area (Å²) in [6.45, 7) is 5.17. The Bertz CT molecular complexity index is 426. The highest BCUT2D eigenvalue weighted by atomic mass is 35.5. The van der Waals surface area contributed by atoms with Crippen molar-refractivity contribution in [3.8, 4) is 0 Å². The number of nitrogens with one attached hydrogen (secondary N) is 1. The molecule has 0 saturated carbocycles. The number of halogens is 1. The average Bonchev–Trinajstić information content (AvgIpc) is 2.19. The standard InChI is InChI=1S/C12H16ClNO3/c1-7(12(2,3)17)14-8-4-5-10(13)9(6-8)11(15)16/h4-7,14,17H,1-3H3,(H,15,16). The second-order valence-corrected chi connectivity index (χ2v) is 4.93. The molecule has 0 aromatic heterocycles. The number of carboxylic acids is 1. The minimum atomic E-state index is -1.07. The van der Waals surface area contributed by atoms with E-state index in [9.17, 15) is 9.90 Å². The normalized spacial score (nSPS) is 13.2. The van der Waals surface area contributed by atoms with Gasteiger partial charge in [0, 0.05) is 5.69 Å². The SMILES string of the molecule is CC(Nc1ccc(Cl)c(C(=O)O)c1)C(C)(C)O. The maximum Gasteiger partial charge on any atom is 0.337 e. The van der Waals surface area contributed by atoms with Crippen molar-refractivity contribution in [1.82, 2.24) is 0 Å². The number of aromatic carboxylic acids is 1. The highest BCUT2D eigenvalue weighted by Crippen LogP contribution is 2.22. The van der Waals surface area contributed by atoms with Crippen LogP contribution in [0, 0.1) is 0 Å². The largest absolute Gasteiger partial charge is 0.478 e. The monoisotopic (exact) mass is 257 g/mol. The Hall–Kier alpha value is -1.26. The molecule has 0 bridgehead atoms. The van der Waals surface area contributed by atoms with Crippen LogP contribution in [0.25, 0.3) is 0 Å². The number of aliphatic hydroxyl groups is 1. The molecule has 1 rings (SSSR count). The molecule has 0 aliphatic rings. The van der Waals surface area contributed by atoms with Crippen LogP contribution in [-0.2, 0) is 0 Å². The number of carbonyl (C=O) groups is 1. The van der Waals surface area contributed by atoms with E-state index in [0.717, 1.165) is 0 Å². The van der Waals surface area contributed by atoms with Crippen LogP contribution < -0.4 is 5.32 Å². The average molecular weight is 258 g/mol. The maximum absolute atomic E-state index is 10.9. The molecule has 1 aromatic rings. The van der Waals surface area contributed by atoms with Crippen LogP contribution in [0.15, 0.2) is 18.2 Å². The van der Waals surface area contributed by atoms with Gasteiger partial charge in [-0.05, 0) is 39.0 Å². The molecule has 0 heterocycles. The summed E-state index contributed by atoms with van der Waals surface area (Å²) in [6.07, 6.45) is 0.